The van der Waals surface area contributed by atoms with E-state index in [1.807, 2.05) is 24.3 Å². The number of aromatic nitrogens is 9. The fourth-order valence-electron chi connectivity index (χ4n) is 22.2. The summed E-state index contributed by atoms with van der Waals surface area (Å²) in [4.78, 5) is 33.2. The molecule has 0 saturated heterocycles. The van der Waals surface area contributed by atoms with Gasteiger partial charge in [0.15, 0.2) is 17.5 Å². The van der Waals surface area contributed by atoms with E-state index in [1.165, 1.54) is 11.0 Å². The minimum Gasteiger partial charge on any atom is -0.459 e. The maximum atomic E-state index is 7.52. The van der Waals surface area contributed by atoms with Crippen LogP contribution in [0.5, 0.6) is 46.0 Å². The second-order valence-electron chi connectivity index (χ2n) is 35.7. The van der Waals surface area contributed by atoms with Crippen molar-refractivity contribution in [3.63, 3.8) is 0 Å². The van der Waals surface area contributed by atoms with E-state index in [-0.39, 0.29) is 26.9 Å². The average molecular weight is 1750 g/mol. The molecule has 0 unspecified atom stereocenters. The molecule has 4 aliphatic rings. The highest BCUT2D eigenvalue weighted by molar-refractivity contribution is 7.02. The van der Waals surface area contributed by atoms with Crippen LogP contribution in [0.15, 0.2) is 443 Å². The first-order valence-electron chi connectivity index (χ1n) is 46.5. The summed E-state index contributed by atoms with van der Waals surface area (Å²) in [6.07, 6.45) is 0. The standard InChI is InChI=1S/C120H73B4N9O4/c1-3-33-74(34-4-1)82-42-9-16-50-91(82)123-95-54-20-29-63-107(95)136-113-97(123)66-69-110-112(113)122(94-53-19-28-62-106(94)135-110)80-65-68-104-90(73-80)89-49-15-26-60-103(89)133(104)118-126-115(75-35-5-2-6-36-75)125-116(127-118)77-38-31-37-76(71-77)81-41-7-8-43-83(81)84-44-10-17-51-92(84)124-96-55-21-30-64-108(96)137-114-98(124)67-70-109-111(114)121(93-52-18-27-61-105(93)134-109)79-40-32-39-78(72-79)117-128-119(131-99-56-22-11-45-85(99)86-46-12-23-57-100(86)131)130-120(129-117)132-101-58-24-13-47-87(101)88-48-14-25-59-102(88)132/h1-73H. The van der Waals surface area contributed by atoms with Crippen molar-refractivity contribution in [3.05, 3.63) is 443 Å². The molecule has 0 saturated carbocycles. The lowest BCUT2D eigenvalue weighted by Gasteiger charge is -2.34. The molecule has 24 aromatic rings. The molecule has 13 nitrogen and oxygen atoms in total. The van der Waals surface area contributed by atoms with Crippen LogP contribution in [0, 0.1) is 0 Å². The Morgan fingerprint density at radius 3 is 1.01 bits per heavy atom. The highest BCUT2D eigenvalue weighted by Crippen LogP contribution is 2.43. The van der Waals surface area contributed by atoms with Crippen LogP contribution in [-0.4, -0.2) is 70.5 Å². The zero-order valence-corrected chi connectivity index (χ0v) is 73.6. The van der Waals surface area contributed by atoms with E-state index in [9.17, 15) is 0 Å². The molecule has 0 atom stereocenters. The van der Waals surface area contributed by atoms with E-state index in [0.29, 0.717) is 41.1 Å². The van der Waals surface area contributed by atoms with Crippen molar-refractivity contribution < 1.29 is 18.9 Å². The van der Waals surface area contributed by atoms with Gasteiger partial charge in [0, 0.05) is 59.9 Å². The van der Waals surface area contributed by atoms with E-state index >= 15 is 0 Å². The molecule has 5 aromatic heterocycles. The number of rotatable bonds is 13. The molecule has 0 radical (unpaired) electrons. The molecule has 0 spiro atoms. The van der Waals surface area contributed by atoms with Gasteiger partial charge in [0.25, 0.3) is 26.9 Å². The van der Waals surface area contributed by atoms with Crippen molar-refractivity contribution in [3.8, 4) is 131 Å². The Labute approximate surface area is 789 Å². The molecule has 28 rings (SSSR count). The van der Waals surface area contributed by atoms with Crippen LogP contribution in [0.2, 0.25) is 0 Å². The third-order valence-electron chi connectivity index (χ3n) is 28.2. The first kappa shape index (κ1) is 77.8. The van der Waals surface area contributed by atoms with Gasteiger partial charge in [-0.2, -0.15) is 24.9 Å². The smallest absolute Gasteiger partial charge is 0.255 e. The molecule has 17 heteroatoms. The molecule has 0 bridgehead atoms. The monoisotopic (exact) mass is 1750 g/mol. The molecular weight excluding hydrogens is 1670 g/mol. The summed E-state index contributed by atoms with van der Waals surface area (Å²) in [5.74, 6) is 9.26. The summed E-state index contributed by atoms with van der Waals surface area (Å²) in [6.45, 7) is -1.14. The second-order valence-corrected chi connectivity index (χ2v) is 35.7. The highest BCUT2D eigenvalue weighted by atomic mass is 16.5. The Kier molecular flexibility index (Phi) is 17.8. The largest absolute Gasteiger partial charge is 0.459 e. The maximum Gasteiger partial charge on any atom is 0.255 e. The average Bonchev–Trinajstić information content (AvgIpc) is 1.72. The number of fused-ring (bicyclic) bond motifs is 19. The van der Waals surface area contributed by atoms with E-state index < -0.39 is 0 Å². The summed E-state index contributed by atoms with van der Waals surface area (Å²) in [6, 6.07) is 157. The molecule has 19 aromatic carbocycles. The van der Waals surface area contributed by atoms with Crippen molar-refractivity contribution in [1.29, 1.82) is 0 Å². The Morgan fingerprint density at radius 2 is 0.511 bits per heavy atom. The normalized spacial score (nSPS) is 12.7. The number of ether oxygens (including phenoxy) is 4. The zero-order valence-electron chi connectivity index (χ0n) is 73.6. The lowest BCUT2D eigenvalue weighted by Crippen LogP contribution is -2.60. The van der Waals surface area contributed by atoms with Crippen LogP contribution in [0.1, 0.15) is 0 Å². The predicted octanol–water partition coefficient (Wildman–Crippen LogP) is 19.8. The lowest BCUT2D eigenvalue weighted by atomic mass is 9.31. The summed E-state index contributed by atoms with van der Waals surface area (Å²) >= 11 is 0. The van der Waals surface area contributed by atoms with Gasteiger partial charge in [0.1, 0.15) is 46.0 Å². The van der Waals surface area contributed by atoms with Gasteiger partial charge in [-0.25, -0.2) is 4.98 Å². The van der Waals surface area contributed by atoms with Crippen LogP contribution in [0.3, 0.4) is 0 Å². The summed E-state index contributed by atoms with van der Waals surface area (Å²) < 4.78 is 35.6. The quantitative estimate of drug-likeness (QED) is 0.103. The van der Waals surface area contributed by atoms with Crippen molar-refractivity contribution in [2.75, 3.05) is 0 Å². The topological polar surface area (TPSA) is 129 Å². The number of hydrogen-bond donors (Lipinski definition) is 0. The molecule has 0 aliphatic carbocycles. The number of nitrogens with zero attached hydrogens (tertiary/aromatic N) is 9. The third-order valence-corrected chi connectivity index (χ3v) is 28.2. The molecular formula is C120H73B4N9O4. The van der Waals surface area contributed by atoms with Crippen molar-refractivity contribution in [2.45, 2.75) is 0 Å². The Morgan fingerprint density at radius 1 is 0.175 bits per heavy atom. The highest BCUT2D eigenvalue weighted by Gasteiger charge is 2.45. The minimum atomic E-state index is -0.387. The van der Waals surface area contributed by atoms with E-state index in [0.717, 1.165) is 210 Å². The van der Waals surface area contributed by atoms with E-state index in [1.54, 1.807) is 0 Å². The summed E-state index contributed by atoms with van der Waals surface area (Å²) in [7, 11) is 0. The van der Waals surface area contributed by atoms with Gasteiger partial charge < -0.3 is 18.9 Å². The van der Waals surface area contributed by atoms with Crippen LogP contribution < -0.4 is 84.5 Å². The molecule has 0 amide bonds. The zero-order chi connectivity index (χ0) is 89.9. The van der Waals surface area contributed by atoms with Gasteiger partial charge >= 0.3 is 0 Å². The fraction of sp³-hybridized carbons (Fsp3) is 0. The SMILES string of the molecule is c1ccc(-c2nc(-c3cccc(-c4ccccc4-c4ccccc4B4c5ccccc5Oc5c4ccc4c5B(c5cccc(-c6nc(-n7c8ccccc8c8ccccc87)nc(-n7c8ccccc8c8ccccc87)n6)c5)c5ccccc5O4)c3)nc(-n3c4ccccc4c4cc(B5c6ccccc6Oc6ccc7c(c65)Oc5ccccc5B7c5ccccc5-c5ccccc5)ccc43)n2)cc1. The second kappa shape index (κ2) is 31.4. The molecule has 137 heavy (non-hydrogen) atoms. The van der Waals surface area contributed by atoms with Crippen LogP contribution in [0.25, 0.3) is 151 Å². The van der Waals surface area contributed by atoms with Gasteiger partial charge in [0.05, 0.1) is 33.1 Å². The lowest BCUT2D eigenvalue weighted by molar-refractivity contribution is 0.468. The van der Waals surface area contributed by atoms with E-state index in [2.05, 4.69) is 432 Å². The molecule has 4 aliphatic heterocycles. The van der Waals surface area contributed by atoms with Crippen molar-refractivity contribution >= 4 is 158 Å². The minimum absolute atomic E-state index is 0.148. The van der Waals surface area contributed by atoms with Gasteiger partial charge in [-0.1, -0.05) is 386 Å². The first-order valence-corrected chi connectivity index (χ1v) is 46.5. The van der Waals surface area contributed by atoms with Crippen molar-refractivity contribution in [1.82, 2.24) is 43.6 Å². The Hall–Kier alpha value is -17.9. The number of benzene rings is 19. The fourth-order valence-corrected chi connectivity index (χ4v) is 22.2. The van der Waals surface area contributed by atoms with Crippen molar-refractivity contribution in [2.24, 2.45) is 0 Å². The predicted molar refractivity (Wildman–Crippen MR) is 559 cm³/mol. The van der Waals surface area contributed by atoms with Gasteiger partial charge in [-0.15, -0.1) is 0 Å². The van der Waals surface area contributed by atoms with Gasteiger partial charge in [-0.05, 0) is 145 Å². The maximum absolute atomic E-state index is 7.52. The molecule has 634 valence electrons. The first-order chi connectivity index (χ1) is 68.0. The van der Waals surface area contributed by atoms with Crippen LogP contribution >= 0.6 is 0 Å². The summed E-state index contributed by atoms with van der Waals surface area (Å²) in [5.41, 5.74) is 27.5. The Balaban J connectivity index is 0.557. The third kappa shape index (κ3) is 12.5. The van der Waals surface area contributed by atoms with E-state index in [4.69, 9.17) is 48.9 Å². The van der Waals surface area contributed by atoms with Gasteiger partial charge in [-0.3, -0.25) is 13.7 Å². The number of hydrogen-bond acceptors (Lipinski definition) is 10. The summed E-state index contributed by atoms with van der Waals surface area (Å²) in [5, 5.41) is 6.53. The van der Waals surface area contributed by atoms with Crippen LogP contribution in [-0.2, 0) is 0 Å². The van der Waals surface area contributed by atoms with Gasteiger partial charge in [0.2, 0.25) is 17.8 Å². The Bertz CT molecular complexity index is 8920. The van der Waals surface area contributed by atoms with Crippen LogP contribution in [0.4, 0.5) is 0 Å². The molecule has 0 fully saturated rings. The molecule has 9 heterocycles. The molecule has 0 N–H and O–H groups in total. The number of para-hydroxylation sites is 9.